The molecule has 0 saturated heterocycles. The molecular weight excluding hydrogens is 290 g/mol. The molecule has 0 aliphatic carbocycles. The van der Waals surface area contributed by atoms with Crippen molar-refractivity contribution in [1.29, 1.82) is 0 Å². The van der Waals surface area contributed by atoms with Gasteiger partial charge in [-0.25, -0.2) is 4.98 Å². The van der Waals surface area contributed by atoms with Gasteiger partial charge in [0.05, 0.1) is 11.5 Å². The van der Waals surface area contributed by atoms with E-state index in [0.29, 0.717) is 41.9 Å². The Morgan fingerprint density at radius 1 is 1.33 bits per heavy atom. The van der Waals surface area contributed by atoms with Crippen LogP contribution >= 0.6 is 11.8 Å². The van der Waals surface area contributed by atoms with Gasteiger partial charge >= 0.3 is 0 Å². The fraction of sp³-hybridized carbons (Fsp3) is 0.286. The number of hydrogen-bond donors (Lipinski definition) is 2. The fourth-order valence-electron chi connectivity index (χ4n) is 1.94. The summed E-state index contributed by atoms with van der Waals surface area (Å²) >= 11 is 1.51. The molecule has 1 aliphatic heterocycles. The molecule has 1 amide bonds. The Morgan fingerprint density at radius 2 is 2.19 bits per heavy atom. The number of H-pyrrole nitrogens is 1. The van der Waals surface area contributed by atoms with Crippen molar-refractivity contribution in [3.8, 4) is 11.5 Å². The largest absolute Gasteiger partial charge is 0.486 e. The molecule has 1 aliphatic rings. The maximum absolute atomic E-state index is 11.9. The van der Waals surface area contributed by atoms with Crippen LogP contribution in [0.1, 0.15) is 5.82 Å². The Balaban J connectivity index is 1.50. The van der Waals surface area contributed by atoms with E-state index in [1.54, 1.807) is 24.5 Å². The summed E-state index contributed by atoms with van der Waals surface area (Å²) in [5.41, 5.74) is 0.711. The number of thioether (sulfide) groups is 1. The molecule has 3 rings (SSSR count). The maximum atomic E-state index is 11.9. The molecule has 110 valence electrons. The zero-order chi connectivity index (χ0) is 14.5. The van der Waals surface area contributed by atoms with Crippen molar-refractivity contribution >= 4 is 23.4 Å². The number of carbonyl (C=O) groups is 1. The molecule has 0 atom stereocenters. The highest BCUT2D eigenvalue weighted by Gasteiger charge is 2.12. The Labute approximate surface area is 126 Å². The lowest BCUT2D eigenvalue weighted by Gasteiger charge is -2.18. The summed E-state index contributed by atoms with van der Waals surface area (Å²) in [6, 6.07) is 5.40. The van der Waals surface area contributed by atoms with E-state index in [9.17, 15) is 4.79 Å². The molecule has 0 saturated carbocycles. The summed E-state index contributed by atoms with van der Waals surface area (Å²) in [4.78, 5) is 19.0. The third-order valence-corrected chi connectivity index (χ3v) is 3.80. The van der Waals surface area contributed by atoms with Crippen LogP contribution in [0.2, 0.25) is 0 Å². The second-order valence-electron chi connectivity index (χ2n) is 4.44. The summed E-state index contributed by atoms with van der Waals surface area (Å²) in [5, 5.41) is 2.85. The number of amides is 1. The van der Waals surface area contributed by atoms with Crippen molar-refractivity contribution in [2.75, 3.05) is 24.3 Å². The first kappa shape index (κ1) is 13.8. The number of nitrogens with one attached hydrogen (secondary N) is 2. The summed E-state index contributed by atoms with van der Waals surface area (Å²) < 4.78 is 10.9. The molecule has 6 nitrogen and oxygen atoms in total. The molecule has 1 aromatic heterocycles. The van der Waals surface area contributed by atoms with Crippen molar-refractivity contribution in [2.45, 2.75) is 5.75 Å². The van der Waals surface area contributed by atoms with Gasteiger partial charge in [0.25, 0.3) is 0 Å². The Morgan fingerprint density at radius 3 is 3.00 bits per heavy atom. The predicted octanol–water partition coefficient (Wildman–Crippen LogP) is 2.05. The summed E-state index contributed by atoms with van der Waals surface area (Å²) in [6.45, 7) is 1.09. The zero-order valence-electron chi connectivity index (χ0n) is 11.3. The molecule has 2 N–H and O–H groups in total. The van der Waals surface area contributed by atoms with E-state index in [0.717, 1.165) is 5.82 Å². The highest BCUT2D eigenvalue weighted by molar-refractivity contribution is 7.99. The van der Waals surface area contributed by atoms with Gasteiger partial charge in [0, 0.05) is 24.1 Å². The van der Waals surface area contributed by atoms with Gasteiger partial charge < -0.3 is 19.8 Å². The fourth-order valence-corrected chi connectivity index (χ4v) is 2.65. The molecule has 0 spiro atoms. The standard InChI is InChI=1S/C14H15N3O3S/c18-14(9-21-8-13-15-3-4-16-13)17-10-1-2-11-12(7-10)20-6-5-19-11/h1-4,7H,5-6,8-9H2,(H,15,16)(H,17,18). The monoisotopic (exact) mass is 305 g/mol. The van der Waals surface area contributed by atoms with Crippen LogP contribution in [0.25, 0.3) is 0 Å². The van der Waals surface area contributed by atoms with Crippen molar-refractivity contribution in [2.24, 2.45) is 0 Å². The van der Waals surface area contributed by atoms with Gasteiger partial charge in [-0.2, -0.15) is 0 Å². The van der Waals surface area contributed by atoms with Crippen LogP contribution in [0.5, 0.6) is 11.5 Å². The molecule has 1 aromatic carbocycles. The van der Waals surface area contributed by atoms with E-state index in [4.69, 9.17) is 9.47 Å². The number of benzene rings is 1. The average molecular weight is 305 g/mol. The number of anilines is 1. The SMILES string of the molecule is O=C(CSCc1ncc[nH]1)Nc1ccc2c(c1)OCCO2. The first-order valence-electron chi connectivity index (χ1n) is 6.57. The molecular formula is C14H15N3O3S. The first-order chi connectivity index (χ1) is 10.3. The number of aromatic amines is 1. The van der Waals surface area contributed by atoms with Crippen molar-refractivity contribution in [1.82, 2.24) is 9.97 Å². The van der Waals surface area contributed by atoms with E-state index >= 15 is 0 Å². The Hall–Kier alpha value is -2.15. The van der Waals surface area contributed by atoms with E-state index in [1.165, 1.54) is 11.8 Å². The minimum absolute atomic E-state index is 0.0526. The summed E-state index contributed by atoms with van der Waals surface area (Å²) in [6.07, 6.45) is 3.47. The van der Waals surface area contributed by atoms with Crippen LogP contribution in [0, 0.1) is 0 Å². The van der Waals surface area contributed by atoms with Crippen LogP contribution in [-0.2, 0) is 10.5 Å². The topological polar surface area (TPSA) is 76.2 Å². The average Bonchev–Trinajstić information content (AvgIpc) is 3.00. The number of rotatable bonds is 5. The number of aromatic nitrogens is 2. The number of carbonyl (C=O) groups excluding carboxylic acids is 1. The minimum atomic E-state index is -0.0526. The molecule has 0 bridgehead atoms. The second-order valence-corrected chi connectivity index (χ2v) is 5.42. The van der Waals surface area contributed by atoms with Crippen LogP contribution in [-0.4, -0.2) is 34.8 Å². The van der Waals surface area contributed by atoms with Gasteiger partial charge in [-0.1, -0.05) is 0 Å². The third kappa shape index (κ3) is 3.69. The van der Waals surface area contributed by atoms with Crippen LogP contribution in [0.4, 0.5) is 5.69 Å². The summed E-state index contributed by atoms with van der Waals surface area (Å²) in [7, 11) is 0. The van der Waals surface area contributed by atoms with Gasteiger partial charge in [-0.05, 0) is 12.1 Å². The number of hydrogen-bond acceptors (Lipinski definition) is 5. The van der Waals surface area contributed by atoms with Gasteiger partial charge in [0.1, 0.15) is 19.0 Å². The van der Waals surface area contributed by atoms with Gasteiger partial charge in [0.2, 0.25) is 5.91 Å². The molecule has 7 heteroatoms. The zero-order valence-corrected chi connectivity index (χ0v) is 12.1. The molecule has 0 fully saturated rings. The van der Waals surface area contributed by atoms with Crippen LogP contribution in [0.15, 0.2) is 30.6 Å². The Kier molecular flexibility index (Phi) is 4.30. The van der Waals surface area contributed by atoms with Crippen molar-refractivity contribution < 1.29 is 14.3 Å². The lowest BCUT2D eigenvalue weighted by Crippen LogP contribution is -2.17. The van der Waals surface area contributed by atoms with E-state index in [2.05, 4.69) is 15.3 Å². The van der Waals surface area contributed by atoms with Gasteiger partial charge in [0.15, 0.2) is 11.5 Å². The van der Waals surface area contributed by atoms with Crippen LogP contribution < -0.4 is 14.8 Å². The lowest BCUT2D eigenvalue weighted by molar-refractivity contribution is -0.113. The van der Waals surface area contributed by atoms with E-state index in [1.807, 2.05) is 6.07 Å². The predicted molar refractivity (Wildman–Crippen MR) is 80.8 cm³/mol. The van der Waals surface area contributed by atoms with Gasteiger partial charge in [-0.3, -0.25) is 4.79 Å². The second kappa shape index (κ2) is 6.53. The normalized spacial score (nSPS) is 13.0. The third-order valence-electron chi connectivity index (χ3n) is 2.85. The molecule has 0 unspecified atom stereocenters. The molecule has 0 radical (unpaired) electrons. The first-order valence-corrected chi connectivity index (χ1v) is 7.72. The molecule has 2 aromatic rings. The Bertz CT molecular complexity index is 616. The number of imidazole rings is 1. The molecule has 21 heavy (non-hydrogen) atoms. The number of fused-ring (bicyclic) bond motifs is 1. The van der Waals surface area contributed by atoms with E-state index < -0.39 is 0 Å². The highest BCUT2D eigenvalue weighted by Crippen LogP contribution is 2.32. The van der Waals surface area contributed by atoms with Gasteiger partial charge in [-0.15, -0.1) is 11.8 Å². The quantitative estimate of drug-likeness (QED) is 0.884. The maximum Gasteiger partial charge on any atom is 0.234 e. The van der Waals surface area contributed by atoms with Crippen LogP contribution in [0.3, 0.4) is 0 Å². The molecule has 2 heterocycles. The highest BCUT2D eigenvalue weighted by atomic mass is 32.2. The van der Waals surface area contributed by atoms with Crippen molar-refractivity contribution in [3.63, 3.8) is 0 Å². The van der Waals surface area contributed by atoms with Crippen molar-refractivity contribution in [3.05, 3.63) is 36.4 Å². The number of ether oxygens (including phenoxy) is 2. The summed E-state index contributed by atoms with van der Waals surface area (Å²) in [5.74, 6) is 3.25. The smallest absolute Gasteiger partial charge is 0.234 e. The number of nitrogens with zero attached hydrogens (tertiary/aromatic N) is 1. The minimum Gasteiger partial charge on any atom is -0.486 e. The van der Waals surface area contributed by atoms with E-state index in [-0.39, 0.29) is 5.91 Å². The lowest BCUT2D eigenvalue weighted by atomic mass is 10.2.